The topological polar surface area (TPSA) is 83.9 Å². The molecule has 2 unspecified atom stereocenters. The minimum atomic E-state index is -4.93. The van der Waals surface area contributed by atoms with Crippen LogP contribution in [0.5, 0.6) is 0 Å². The van der Waals surface area contributed by atoms with Gasteiger partial charge in [-0.1, -0.05) is 29.8 Å². The van der Waals surface area contributed by atoms with Crippen LogP contribution in [0.1, 0.15) is 35.2 Å². The number of aliphatic carboxylic acids is 1. The Balaban J connectivity index is 2.11. The molecule has 1 aliphatic carbocycles. The molecule has 168 valence electrons. The number of carbonyl (C=O) groups is 3. The third-order valence-electron chi connectivity index (χ3n) is 5.99. The summed E-state index contributed by atoms with van der Waals surface area (Å²) in [6, 6.07) is 2.81. The predicted molar refractivity (Wildman–Crippen MR) is 105 cm³/mol. The molecule has 0 bridgehead atoms. The lowest BCUT2D eigenvalue weighted by Gasteiger charge is -2.38. The number of rotatable bonds is 5. The number of alkyl halides is 3. The molecule has 0 radical (unpaired) electrons. The molecule has 1 aromatic carbocycles. The molecule has 10 heteroatoms. The number of hydrogen-bond acceptors (Lipinski definition) is 4. The summed E-state index contributed by atoms with van der Waals surface area (Å²) < 4.78 is 46.0. The number of methoxy groups -OCH3 is 1. The van der Waals surface area contributed by atoms with Crippen molar-refractivity contribution in [3.8, 4) is 0 Å². The Morgan fingerprint density at radius 2 is 1.97 bits per heavy atom. The summed E-state index contributed by atoms with van der Waals surface area (Å²) >= 11 is 5.96. The number of likely N-dealkylation sites (tertiary alicyclic amines) is 1. The van der Waals surface area contributed by atoms with E-state index in [1.54, 1.807) is 6.08 Å². The number of Topliss-reactive ketones (excluding diaryl/α,β-unsaturated/α-hetero) is 1. The molecule has 0 aromatic heterocycles. The number of benzene rings is 1. The minimum Gasteiger partial charge on any atom is -0.480 e. The van der Waals surface area contributed by atoms with E-state index in [0.717, 1.165) is 12.1 Å². The molecule has 6 nitrogen and oxygen atoms in total. The Kier molecular flexibility index (Phi) is 6.48. The third kappa shape index (κ3) is 4.08. The van der Waals surface area contributed by atoms with Crippen LogP contribution in [0.15, 0.2) is 30.4 Å². The normalized spacial score (nSPS) is 26.2. The second kappa shape index (κ2) is 8.63. The van der Waals surface area contributed by atoms with Crippen LogP contribution >= 0.6 is 11.6 Å². The molecule has 2 aliphatic rings. The first-order chi connectivity index (χ1) is 14.5. The molecular formula is C21H21ClF3NO5. The fraction of sp³-hybridized carbons (Fsp3) is 0.476. The molecule has 1 heterocycles. The van der Waals surface area contributed by atoms with Crippen LogP contribution in [0.3, 0.4) is 0 Å². The van der Waals surface area contributed by atoms with Gasteiger partial charge < -0.3 is 14.7 Å². The van der Waals surface area contributed by atoms with Gasteiger partial charge in [-0.05, 0) is 31.4 Å². The highest BCUT2D eigenvalue weighted by Crippen LogP contribution is 2.46. The third-order valence-corrected chi connectivity index (χ3v) is 6.31. The summed E-state index contributed by atoms with van der Waals surface area (Å²) in [5.74, 6) is -4.94. The number of ketones is 1. The number of halogens is 4. The quantitative estimate of drug-likeness (QED) is 0.411. The van der Waals surface area contributed by atoms with Crippen molar-refractivity contribution in [3.05, 3.63) is 46.5 Å². The van der Waals surface area contributed by atoms with Crippen LogP contribution in [0.2, 0.25) is 5.02 Å². The van der Waals surface area contributed by atoms with Gasteiger partial charge in [0.25, 0.3) is 0 Å². The number of carboxylic acid groups (broad SMARTS) is 1. The van der Waals surface area contributed by atoms with Crippen molar-refractivity contribution in [2.75, 3.05) is 20.2 Å². The Morgan fingerprint density at radius 3 is 2.55 bits per heavy atom. The van der Waals surface area contributed by atoms with E-state index in [9.17, 15) is 32.7 Å². The average molecular weight is 460 g/mol. The van der Waals surface area contributed by atoms with Gasteiger partial charge >= 0.3 is 12.1 Å². The van der Waals surface area contributed by atoms with Gasteiger partial charge in [0, 0.05) is 25.8 Å². The maximum atomic E-state index is 13.6. The first-order valence-corrected chi connectivity index (χ1v) is 10.0. The molecular weight excluding hydrogens is 439 g/mol. The van der Waals surface area contributed by atoms with Gasteiger partial charge in [-0.15, -0.1) is 0 Å². The van der Waals surface area contributed by atoms with Crippen molar-refractivity contribution in [3.63, 3.8) is 0 Å². The Bertz CT molecular complexity index is 932. The van der Waals surface area contributed by atoms with Gasteiger partial charge in [-0.25, -0.2) is 0 Å². The van der Waals surface area contributed by atoms with Crippen LogP contribution < -0.4 is 0 Å². The molecule has 1 aliphatic heterocycles. The lowest BCUT2D eigenvalue weighted by Crippen LogP contribution is -2.53. The van der Waals surface area contributed by atoms with Gasteiger partial charge in [0.2, 0.25) is 5.91 Å². The summed E-state index contributed by atoms with van der Waals surface area (Å²) in [7, 11) is 1.49. The number of ether oxygens (including phenoxy) is 1. The lowest BCUT2D eigenvalue weighted by atomic mass is 9.63. The van der Waals surface area contributed by atoms with Crippen molar-refractivity contribution >= 4 is 29.3 Å². The van der Waals surface area contributed by atoms with Crippen LogP contribution in [-0.2, 0) is 20.5 Å². The van der Waals surface area contributed by atoms with E-state index >= 15 is 0 Å². The predicted octanol–water partition coefficient (Wildman–Crippen LogP) is 3.83. The Labute approximate surface area is 181 Å². The molecule has 31 heavy (non-hydrogen) atoms. The Morgan fingerprint density at radius 1 is 1.26 bits per heavy atom. The summed E-state index contributed by atoms with van der Waals surface area (Å²) in [5.41, 5.74) is -4.66. The smallest absolute Gasteiger partial charge is 0.417 e. The van der Waals surface area contributed by atoms with Crippen molar-refractivity contribution < 1.29 is 37.4 Å². The summed E-state index contributed by atoms with van der Waals surface area (Å²) in [5, 5.41) is 9.58. The molecule has 1 aromatic rings. The van der Waals surface area contributed by atoms with Gasteiger partial charge in [-0.3, -0.25) is 14.4 Å². The number of hydrogen-bond donors (Lipinski definition) is 1. The average Bonchev–Trinajstić information content (AvgIpc) is 3.21. The second-order valence-electron chi connectivity index (χ2n) is 7.66. The molecule has 0 spiro atoms. The first-order valence-electron chi connectivity index (χ1n) is 9.64. The van der Waals surface area contributed by atoms with E-state index in [-0.39, 0.29) is 19.1 Å². The maximum absolute atomic E-state index is 13.6. The van der Waals surface area contributed by atoms with Crippen LogP contribution in [0.25, 0.3) is 0 Å². The van der Waals surface area contributed by atoms with E-state index in [1.165, 1.54) is 18.1 Å². The van der Waals surface area contributed by atoms with Gasteiger partial charge in [0.05, 0.1) is 22.6 Å². The monoisotopic (exact) mass is 459 g/mol. The zero-order chi connectivity index (χ0) is 23.0. The first kappa shape index (κ1) is 23.3. The summed E-state index contributed by atoms with van der Waals surface area (Å²) in [6.45, 7) is 0.528. The highest BCUT2D eigenvalue weighted by molar-refractivity contribution is 6.35. The van der Waals surface area contributed by atoms with Crippen molar-refractivity contribution in [2.24, 2.45) is 11.3 Å². The standard InChI is InChI=1S/C21H21ClF3NO5/c1-31-12-8-10-26(11-12)18(28)14-5-2-3-9-20(14,19(29)30)17(27)16-13(21(23,24)25)6-4-7-15(16)22/h2-4,6-7,12,14H,5,8-11H2,1H3,(H,29,30)/t12-,14?,20?/m1/s1. The SMILES string of the molecule is CO[C@@H]1CCN(C(=O)C2CC=CCC2(C(=O)O)C(=O)c2c(Cl)cccc2C(F)(F)F)C1. The zero-order valence-corrected chi connectivity index (χ0v) is 17.4. The lowest BCUT2D eigenvalue weighted by molar-refractivity contribution is -0.156. The van der Waals surface area contributed by atoms with E-state index in [1.807, 2.05) is 0 Å². The highest BCUT2D eigenvalue weighted by Gasteiger charge is 2.58. The van der Waals surface area contributed by atoms with E-state index < -0.39 is 57.7 Å². The van der Waals surface area contributed by atoms with E-state index in [4.69, 9.17) is 16.3 Å². The summed E-state index contributed by atoms with van der Waals surface area (Å²) in [6.07, 6.45) is -2.14. The molecule has 1 fully saturated rings. The molecule has 0 saturated carbocycles. The van der Waals surface area contributed by atoms with Crippen LogP contribution in [-0.4, -0.2) is 54.0 Å². The summed E-state index contributed by atoms with van der Waals surface area (Å²) in [4.78, 5) is 40.6. The number of nitrogens with zero attached hydrogens (tertiary/aromatic N) is 1. The zero-order valence-electron chi connectivity index (χ0n) is 16.6. The van der Waals surface area contributed by atoms with Crippen molar-refractivity contribution in [1.82, 2.24) is 4.90 Å². The van der Waals surface area contributed by atoms with Gasteiger partial charge in [-0.2, -0.15) is 13.2 Å². The fourth-order valence-corrected chi connectivity index (χ4v) is 4.56. The molecule has 1 N–H and O–H groups in total. The second-order valence-corrected chi connectivity index (χ2v) is 8.07. The highest BCUT2D eigenvalue weighted by atomic mass is 35.5. The van der Waals surface area contributed by atoms with E-state index in [2.05, 4.69) is 0 Å². The van der Waals surface area contributed by atoms with Gasteiger partial charge in [0.15, 0.2) is 5.78 Å². The molecule has 3 rings (SSSR count). The number of carbonyl (C=O) groups excluding carboxylic acids is 2. The van der Waals surface area contributed by atoms with Crippen LogP contribution in [0.4, 0.5) is 13.2 Å². The number of carboxylic acids is 1. The number of amides is 1. The fourth-order valence-electron chi connectivity index (χ4n) is 4.30. The van der Waals surface area contributed by atoms with Gasteiger partial charge in [0.1, 0.15) is 5.41 Å². The maximum Gasteiger partial charge on any atom is 0.417 e. The Hall–Kier alpha value is -2.39. The molecule has 1 saturated heterocycles. The van der Waals surface area contributed by atoms with Crippen molar-refractivity contribution in [1.29, 1.82) is 0 Å². The van der Waals surface area contributed by atoms with Crippen LogP contribution in [0, 0.1) is 11.3 Å². The number of allylic oxidation sites excluding steroid dienone is 2. The molecule has 3 atom stereocenters. The minimum absolute atomic E-state index is 0.0865. The van der Waals surface area contributed by atoms with E-state index in [0.29, 0.717) is 19.0 Å². The largest absolute Gasteiger partial charge is 0.480 e. The van der Waals surface area contributed by atoms with Crippen molar-refractivity contribution in [2.45, 2.75) is 31.5 Å². The molecule has 1 amide bonds.